The fourth-order valence-corrected chi connectivity index (χ4v) is 4.19. The van der Waals surface area contributed by atoms with E-state index in [2.05, 4.69) is 42.0 Å². The molecule has 0 unspecified atom stereocenters. The van der Waals surface area contributed by atoms with Crippen LogP contribution in [0.5, 0.6) is 0 Å². The van der Waals surface area contributed by atoms with Gasteiger partial charge in [-0.3, -0.25) is 4.99 Å². The average Bonchev–Trinajstić information content (AvgIpc) is 2.83. The first kappa shape index (κ1) is 24.8. The van der Waals surface area contributed by atoms with Gasteiger partial charge < -0.3 is 9.47 Å². The molecule has 1 aliphatic heterocycles. The van der Waals surface area contributed by atoms with Crippen molar-refractivity contribution in [3.8, 4) is 17.1 Å². The lowest BCUT2D eigenvalue weighted by atomic mass is 10.1. The first-order valence-electron chi connectivity index (χ1n) is 11.5. The second-order valence-corrected chi connectivity index (χ2v) is 9.41. The summed E-state index contributed by atoms with van der Waals surface area (Å²) in [5.41, 5.74) is 4.67. The van der Waals surface area contributed by atoms with E-state index in [-0.39, 0.29) is 6.04 Å². The second kappa shape index (κ2) is 10.5. The Hall–Kier alpha value is -3.34. The molecule has 0 amide bonds. The van der Waals surface area contributed by atoms with Crippen molar-refractivity contribution in [1.29, 1.82) is 0 Å². The lowest BCUT2D eigenvalue weighted by Crippen LogP contribution is -2.38. The van der Waals surface area contributed by atoms with Crippen molar-refractivity contribution in [2.75, 3.05) is 11.9 Å². The summed E-state index contributed by atoms with van der Waals surface area (Å²) in [6.45, 7) is 10.5. The third kappa shape index (κ3) is 5.34. The molecule has 2 aromatic rings. The highest BCUT2D eigenvalue weighted by Gasteiger charge is 2.17. The van der Waals surface area contributed by atoms with E-state index in [0.29, 0.717) is 10.0 Å². The van der Waals surface area contributed by atoms with Crippen LogP contribution in [0.2, 0.25) is 10.0 Å². The van der Waals surface area contributed by atoms with Gasteiger partial charge in [-0.05, 0) is 87.5 Å². The molecule has 0 spiro atoms. The summed E-state index contributed by atoms with van der Waals surface area (Å²) in [6, 6.07) is 19.8. The minimum Gasteiger partial charge on any atom is -0.343 e. The monoisotopic (exact) mass is 502 g/mol. The van der Waals surface area contributed by atoms with Crippen LogP contribution in [0.3, 0.4) is 0 Å². The first-order chi connectivity index (χ1) is 16.8. The Bertz CT molecular complexity index is 1520. The van der Waals surface area contributed by atoms with Crippen molar-refractivity contribution in [1.82, 2.24) is 9.55 Å². The van der Waals surface area contributed by atoms with Gasteiger partial charge in [0.05, 0.1) is 33.1 Å². The molecule has 0 fully saturated rings. The van der Waals surface area contributed by atoms with Crippen LogP contribution in [0.15, 0.2) is 77.8 Å². The molecule has 4 rings (SSSR count). The number of nitrogens with zero attached hydrogens (tertiary/aromatic N) is 4. The quantitative estimate of drug-likeness (QED) is 0.329. The standard InChI is InChI=1S/C29H28Cl2N4/c1-6-7-8-25-20(4)35(24-15-11-22(31)12-16-24)29-18-26(32-19(2)3)28(17-27(29)33-25)34(5)23-13-9-21(30)10-14-23/h6-19H,4H2,1-3,5H3/b7-6-,25-8+,32-26?. The molecule has 0 atom stereocenters. The first-order valence-corrected chi connectivity index (χ1v) is 12.2. The number of hydrogen-bond acceptors (Lipinski definition) is 3. The summed E-state index contributed by atoms with van der Waals surface area (Å²) in [4.78, 5) is 12.0. The van der Waals surface area contributed by atoms with E-state index < -0.39 is 0 Å². The minimum absolute atomic E-state index is 0.114. The summed E-state index contributed by atoms with van der Waals surface area (Å²) in [5, 5.41) is 3.83. The van der Waals surface area contributed by atoms with Crippen LogP contribution in [0.1, 0.15) is 20.8 Å². The molecule has 4 nitrogen and oxygen atoms in total. The van der Waals surface area contributed by atoms with Crippen LogP contribution in [0.25, 0.3) is 29.7 Å². The molecule has 0 aromatic heterocycles. The Labute approximate surface area is 216 Å². The number of hydrogen-bond donors (Lipinski definition) is 0. The third-order valence-corrected chi connectivity index (χ3v) is 6.13. The fraction of sp³-hybridized carbons (Fsp3) is 0.172. The topological polar surface area (TPSA) is 33.4 Å². The van der Waals surface area contributed by atoms with Gasteiger partial charge in [-0.2, -0.15) is 0 Å². The molecule has 6 heteroatoms. The van der Waals surface area contributed by atoms with Crippen LogP contribution >= 0.6 is 23.2 Å². The number of rotatable bonds is 5. The van der Waals surface area contributed by atoms with E-state index in [0.717, 1.165) is 44.5 Å². The Kier molecular flexibility index (Phi) is 7.44. The Balaban J connectivity index is 2.09. The lowest BCUT2D eigenvalue weighted by molar-refractivity contribution is 0.803. The predicted molar refractivity (Wildman–Crippen MR) is 149 cm³/mol. The van der Waals surface area contributed by atoms with Gasteiger partial charge in [0.15, 0.2) is 0 Å². The maximum Gasteiger partial charge on any atom is 0.0900 e. The zero-order chi connectivity index (χ0) is 25.1. The van der Waals surface area contributed by atoms with Crippen molar-refractivity contribution in [3.63, 3.8) is 0 Å². The minimum atomic E-state index is 0.114. The third-order valence-electron chi connectivity index (χ3n) is 5.62. The molecule has 0 saturated carbocycles. The smallest absolute Gasteiger partial charge is 0.0900 e. The van der Waals surface area contributed by atoms with Crippen LogP contribution in [0, 0.1) is 0 Å². The molecule has 1 aliphatic carbocycles. The number of benzene rings is 3. The number of halogens is 2. The summed E-state index contributed by atoms with van der Waals surface area (Å²) < 4.78 is 2.11. The molecular weight excluding hydrogens is 475 g/mol. The Morgan fingerprint density at radius 2 is 1.63 bits per heavy atom. The van der Waals surface area contributed by atoms with Crippen molar-refractivity contribution in [2.45, 2.75) is 26.8 Å². The largest absolute Gasteiger partial charge is 0.343 e. The zero-order valence-electron chi connectivity index (χ0n) is 20.3. The molecule has 0 radical (unpaired) electrons. The molecule has 0 bridgehead atoms. The van der Waals surface area contributed by atoms with Gasteiger partial charge in [0.25, 0.3) is 0 Å². The molecule has 35 heavy (non-hydrogen) atoms. The maximum absolute atomic E-state index is 6.18. The molecule has 1 heterocycles. The van der Waals surface area contributed by atoms with Crippen molar-refractivity contribution in [3.05, 3.63) is 98.9 Å². The van der Waals surface area contributed by atoms with Gasteiger partial charge >= 0.3 is 0 Å². The molecule has 0 N–H and O–H groups in total. The van der Waals surface area contributed by atoms with E-state index in [1.54, 1.807) is 0 Å². The number of allylic oxidation sites excluding steroid dienone is 2. The van der Waals surface area contributed by atoms with Gasteiger partial charge in [0.2, 0.25) is 0 Å². The molecule has 0 saturated heterocycles. The Morgan fingerprint density at radius 1 is 1.00 bits per heavy atom. The number of anilines is 2. The number of fused-ring (bicyclic) bond motifs is 1. The van der Waals surface area contributed by atoms with Crippen molar-refractivity contribution >= 4 is 47.2 Å². The van der Waals surface area contributed by atoms with Crippen molar-refractivity contribution in [2.24, 2.45) is 4.99 Å². The summed E-state index contributed by atoms with van der Waals surface area (Å²) in [7, 11) is 2.03. The number of aromatic nitrogens is 2. The lowest BCUT2D eigenvalue weighted by Gasteiger charge is -2.23. The SMILES string of the molecule is C=c1/c(=C\C=C/C)nc2cc(N(C)c3ccc(Cl)cc3)c(=NC(C)C)cc-2n1-c1ccc(Cl)cc1. The normalized spacial score (nSPS) is 12.9. The van der Waals surface area contributed by atoms with Gasteiger partial charge in [-0.1, -0.05) is 41.9 Å². The highest BCUT2D eigenvalue weighted by Crippen LogP contribution is 2.28. The Morgan fingerprint density at radius 3 is 2.23 bits per heavy atom. The highest BCUT2D eigenvalue weighted by atomic mass is 35.5. The van der Waals surface area contributed by atoms with Crippen LogP contribution in [-0.2, 0) is 0 Å². The van der Waals surface area contributed by atoms with Gasteiger partial charge in [-0.15, -0.1) is 0 Å². The van der Waals surface area contributed by atoms with Gasteiger partial charge in [-0.25, -0.2) is 4.98 Å². The predicted octanol–water partition coefficient (Wildman–Crippen LogP) is 6.13. The van der Waals surface area contributed by atoms with E-state index >= 15 is 0 Å². The van der Waals surface area contributed by atoms with Crippen LogP contribution in [0.4, 0.5) is 11.4 Å². The van der Waals surface area contributed by atoms with Crippen molar-refractivity contribution < 1.29 is 0 Å². The molecule has 2 aromatic carbocycles. The molecule has 2 aliphatic rings. The summed E-state index contributed by atoms with van der Waals surface area (Å²) >= 11 is 12.3. The van der Waals surface area contributed by atoms with E-state index in [1.165, 1.54) is 0 Å². The van der Waals surface area contributed by atoms with Crippen LogP contribution in [-0.4, -0.2) is 22.6 Å². The molecular formula is C29H28Cl2N4. The molecule has 178 valence electrons. The van der Waals surface area contributed by atoms with Gasteiger partial charge in [0, 0.05) is 34.5 Å². The summed E-state index contributed by atoms with van der Waals surface area (Å²) in [5.74, 6) is 0. The maximum atomic E-state index is 6.18. The summed E-state index contributed by atoms with van der Waals surface area (Å²) in [6.07, 6.45) is 5.92. The van der Waals surface area contributed by atoms with E-state index in [4.69, 9.17) is 33.2 Å². The zero-order valence-corrected chi connectivity index (χ0v) is 21.8. The average molecular weight is 503 g/mol. The van der Waals surface area contributed by atoms with Crippen LogP contribution < -0.4 is 21.0 Å². The van der Waals surface area contributed by atoms with E-state index in [9.17, 15) is 0 Å². The highest BCUT2D eigenvalue weighted by molar-refractivity contribution is 6.30. The second-order valence-electron chi connectivity index (χ2n) is 8.54. The van der Waals surface area contributed by atoms with E-state index in [1.807, 2.05) is 80.7 Å². The fourth-order valence-electron chi connectivity index (χ4n) is 3.94. The van der Waals surface area contributed by atoms with Gasteiger partial charge in [0.1, 0.15) is 0 Å².